The minimum Gasteiger partial charge on any atom is -0.399 e. The first-order chi connectivity index (χ1) is 12.8. The number of nitrogens with zero attached hydrogens (tertiary/aromatic N) is 2. The first-order valence-electron chi connectivity index (χ1n) is 8.71. The Morgan fingerprint density at radius 2 is 1.74 bits per heavy atom. The Kier molecular flexibility index (Phi) is 5.48. The summed E-state index contributed by atoms with van der Waals surface area (Å²) < 4.78 is 39.6. The molecule has 1 saturated carbocycles. The molecule has 6 nitrogen and oxygen atoms in total. The van der Waals surface area contributed by atoms with Gasteiger partial charge in [0.15, 0.2) is 5.69 Å². The van der Waals surface area contributed by atoms with Gasteiger partial charge in [0.1, 0.15) is 5.82 Å². The van der Waals surface area contributed by atoms with Crippen molar-refractivity contribution in [2.24, 2.45) is 0 Å². The summed E-state index contributed by atoms with van der Waals surface area (Å²) in [5.41, 5.74) is 5.20. The van der Waals surface area contributed by atoms with E-state index in [1.165, 1.54) is 24.3 Å². The molecule has 1 heterocycles. The summed E-state index contributed by atoms with van der Waals surface area (Å²) in [6.07, 6.45) is 0.200. The molecule has 9 heteroatoms. The van der Waals surface area contributed by atoms with Gasteiger partial charge in [0.2, 0.25) is 5.95 Å². The van der Waals surface area contributed by atoms with Crippen LogP contribution in [-0.2, 0) is 6.18 Å². The molecular weight excluding hydrogens is 359 g/mol. The van der Waals surface area contributed by atoms with Crippen molar-refractivity contribution in [1.82, 2.24) is 9.97 Å². The highest BCUT2D eigenvalue weighted by Crippen LogP contribution is 2.30. The molecule has 1 aliphatic rings. The Balaban J connectivity index is 1.83. The molecule has 0 atom stereocenters. The van der Waals surface area contributed by atoms with E-state index in [4.69, 9.17) is 5.73 Å². The Bertz CT molecular complexity index is 802. The van der Waals surface area contributed by atoms with Gasteiger partial charge in [0.25, 0.3) is 5.91 Å². The van der Waals surface area contributed by atoms with Gasteiger partial charge in [-0.25, -0.2) is 4.98 Å². The maximum atomic E-state index is 13.2. The van der Waals surface area contributed by atoms with Crippen LogP contribution in [0.25, 0.3) is 0 Å². The second-order valence-corrected chi connectivity index (χ2v) is 6.52. The van der Waals surface area contributed by atoms with E-state index < -0.39 is 17.8 Å². The molecule has 1 aliphatic carbocycles. The zero-order valence-electron chi connectivity index (χ0n) is 14.5. The highest BCUT2D eigenvalue weighted by molar-refractivity contribution is 6.04. The molecule has 0 unspecified atom stereocenters. The summed E-state index contributed by atoms with van der Waals surface area (Å²) in [5.74, 6) is -0.924. The molecule has 1 fully saturated rings. The number of anilines is 3. The molecule has 0 spiro atoms. The van der Waals surface area contributed by atoms with Crippen molar-refractivity contribution in [2.45, 2.75) is 44.3 Å². The molecule has 2 aromatic rings. The van der Waals surface area contributed by atoms with E-state index in [0.717, 1.165) is 38.2 Å². The van der Waals surface area contributed by atoms with Gasteiger partial charge in [-0.2, -0.15) is 18.2 Å². The second kappa shape index (κ2) is 7.81. The monoisotopic (exact) mass is 379 g/mol. The number of alkyl halides is 3. The summed E-state index contributed by atoms with van der Waals surface area (Å²) in [4.78, 5) is 19.9. The maximum Gasteiger partial charge on any atom is 0.433 e. The molecule has 144 valence electrons. The van der Waals surface area contributed by atoms with Crippen LogP contribution in [0.4, 0.5) is 30.6 Å². The first-order valence-corrected chi connectivity index (χ1v) is 8.71. The number of hydrogen-bond donors (Lipinski definition) is 3. The summed E-state index contributed by atoms with van der Waals surface area (Å²) in [5, 5.41) is 5.36. The predicted octanol–water partition coefficient (Wildman–Crippen LogP) is 4.07. The zero-order valence-corrected chi connectivity index (χ0v) is 14.5. The number of aromatic nitrogens is 2. The minimum absolute atomic E-state index is 0.0304. The van der Waals surface area contributed by atoms with Crippen LogP contribution in [-0.4, -0.2) is 21.9 Å². The molecule has 1 amide bonds. The summed E-state index contributed by atoms with van der Waals surface area (Å²) >= 11 is 0. The molecule has 0 radical (unpaired) electrons. The molecule has 3 rings (SSSR count). The molecular formula is C18H20F3N5O. The molecule has 1 aromatic carbocycles. The first kappa shape index (κ1) is 18.9. The van der Waals surface area contributed by atoms with Crippen LogP contribution in [0.2, 0.25) is 0 Å². The number of carbonyl (C=O) groups is 1. The molecule has 27 heavy (non-hydrogen) atoms. The average molecular weight is 379 g/mol. The third-order valence-corrected chi connectivity index (χ3v) is 4.37. The predicted molar refractivity (Wildman–Crippen MR) is 96.3 cm³/mol. The van der Waals surface area contributed by atoms with Crippen molar-refractivity contribution in [3.8, 4) is 0 Å². The number of nitrogen functional groups attached to an aromatic ring is 1. The number of amides is 1. The third-order valence-electron chi connectivity index (χ3n) is 4.37. The number of carbonyl (C=O) groups excluding carboxylic acids is 1. The van der Waals surface area contributed by atoms with E-state index in [0.29, 0.717) is 5.69 Å². The van der Waals surface area contributed by atoms with Crippen LogP contribution in [0.15, 0.2) is 30.3 Å². The Morgan fingerprint density at radius 3 is 2.37 bits per heavy atom. The summed E-state index contributed by atoms with van der Waals surface area (Å²) in [6.45, 7) is 0. The topological polar surface area (TPSA) is 92.9 Å². The lowest BCUT2D eigenvalue weighted by atomic mass is 9.96. The van der Waals surface area contributed by atoms with Gasteiger partial charge in [0.05, 0.1) is 0 Å². The van der Waals surface area contributed by atoms with Crippen LogP contribution in [0, 0.1) is 0 Å². The molecule has 0 saturated heterocycles. The van der Waals surface area contributed by atoms with E-state index in [9.17, 15) is 18.0 Å². The van der Waals surface area contributed by atoms with Crippen LogP contribution < -0.4 is 16.4 Å². The molecule has 0 bridgehead atoms. The fraction of sp³-hybridized carbons (Fsp3) is 0.389. The van der Waals surface area contributed by atoms with E-state index in [2.05, 4.69) is 20.6 Å². The van der Waals surface area contributed by atoms with Crippen molar-refractivity contribution in [3.05, 3.63) is 41.6 Å². The fourth-order valence-corrected chi connectivity index (χ4v) is 2.97. The van der Waals surface area contributed by atoms with Crippen LogP contribution in [0.1, 0.15) is 48.2 Å². The second-order valence-electron chi connectivity index (χ2n) is 6.52. The quantitative estimate of drug-likeness (QED) is 0.696. The SMILES string of the molecule is Nc1ccc(C(=O)Nc2cc(C(F)(F)F)nc(NC3CCCCC3)n2)cc1. The van der Waals surface area contributed by atoms with E-state index in [1.807, 2.05) is 0 Å². The summed E-state index contributed by atoms with van der Waals surface area (Å²) in [6, 6.07) is 6.79. The van der Waals surface area contributed by atoms with E-state index >= 15 is 0 Å². The van der Waals surface area contributed by atoms with Crippen molar-refractivity contribution in [3.63, 3.8) is 0 Å². The standard InChI is InChI=1S/C18H20F3N5O/c19-18(20,21)14-10-15(25-16(27)11-6-8-12(22)9-7-11)26-17(24-14)23-13-4-2-1-3-5-13/h6-10,13H,1-5,22H2,(H2,23,24,25,26,27). The lowest BCUT2D eigenvalue weighted by Crippen LogP contribution is -2.25. The minimum atomic E-state index is -4.65. The van der Waals surface area contributed by atoms with Crippen molar-refractivity contribution in [2.75, 3.05) is 16.4 Å². The molecule has 0 aliphatic heterocycles. The van der Waals surface area contributed by atoms with Gasteiger partial charge < -0.3 is 16.4 Å². The number of nitrogens with two attached hydrogens (primary N) is 1. The number of benzene rings is 1. The maximum absolute atomic E-state index is 13.2. The number of rotatable bonds is 4. The Morgan fingerprint density at radius 1 is 1.07 bits per heavy atom. The van der Waals surface area contributed by atoms with Crippen molar-refractivity contribution >= 4 is 23.4 Å². The Labute approximate surface area is 154 Å². The smallest absolute Gasteiger partial charge is 0.399 e. The summed E-state index contributed by atoms with van der Waals surface area (Å²) in [7, 11) is 0. The van der Waals surface area contributed by atoms with Crippen LogP contribution in [0.5, 0.6) is 0 Å². The highest BCUT2D eigenvalue weighted by Gasteiger charge is 2.34. The number of nitrogens with one attached hydrogen (secondary N) is 2. The van der Waals surface area contributed by atoms with Gasteiger partial charge in [-0.1, -0.05) is 19.3 Å². The van der Waals surface area contributed by atoms with E-state index in [1.54, 1.807) is 0 Å². The van der Waals surface area contributed by atoms with Gasteiger partial charge in [0, 0.05) is 23.4 Å². The highest BCUT2D eigenvalue weighted by atomic mass is 19.4. The van der Waals surface area contributed by atoms with Crippen molar-refractivity contribution < 1.29 is 18.0 Å². The van der Waals surface area contributed by atoms with Crippen molar-refractivity contribution in [1.29, 1.82) is 0 Å². The van der Waals surface area contributed by atoms with Gasteiger partial charge in [-0.05, 0) is 37.1 Å². The largest absolute Gasteiger partial charge is 0.433 e. The lowest BCUT2D eigenvalue weighted by Gasteiger charge is -2.23. The lowest BCUT2D eigenvalue weighted by molar-refractivity contribution is -0.141. The van der Waals surface area contributed by atoms with Crippen LogP contribution >= 0.6 is 0 Å². The average Bonchev–Trinajstić information content (AvgIpc) is 2.62. The van der Waals surface area contributed by atoms with E-state index in [-0.39, 0.29) is 23.4 Å². The van der Waals surface area contributed by atoms with Gasteiger partial charge >= 0.3 is 6.18 Å². The molecule has 4 N–H and O–H groups in total. The third kappa shape index (κ3) is 5.08. The number of hydrogen-bond acceptors (Lipinski definition) is 5. The normalized spacial score (nSPS) is 15.4. The van der Waals surface area contributed by atoms with Crippen LogP contribution in [0.3, 0.4) is 0 Å². The molecule has 1 aromatic heterocycles. The zero-order chi connectivity index (χ0) is 19.4. The Hall–Kier alpha value is -2.84. The number of halogens is 3. The van der Waals surface area contributed by atoms with Gasteiger partial charge in [-0.15, -0.1) is 0 Å². The fourth-order valence-electron chi connectivity index (χ4n) is 2.97. The van der Waals surface area contributed by atoms with Gasteiger partial charge in [-0.3, -0.25) is 4.79 Å².